The summed E-state index contributed by atoms with van der Waals surface area (Å²) < 4.78 is 22.5. The van der Waals surface area contributed by atoms with Gasteiger partial charge in [0.2, 0.25) is 9.84 Å². The summed E-state index contributed by atoms with van der Waals surface area (Å²) in [4.78, 5) is 0. The molecule has 0 saturated heterocycles. The van der Waals surface area contributed by atoms with Crippen LogP contribution in [0.15, 0.2) is 45.2 Å². The Morgan fingerprint density at radius 3 is 1.47 bits per heavy atom. The van der Waals surface area contributed by atoms with E-state index < -0.39 is 9.84 Å². The SMILES string of the molecule is C=C(C)C=C(Cl)S(=O)(=O)C(Cl)=CC(=C)C. The van der Waals surface area contributed by atoms with Crippen LogP contribution in [0.4, 0.5) is 0 Å². The van der Waals surface area contributed by atoms with Crippen LogP contribution in [0.1, 0.15) is 13.8 Å². The summed E-state index contributed by atoms with van der Waals surface area (Å²) in [5.41, 5.74) is 1.06. The Bertz CT molecular complexity index is 406. The van der Waals surface area contributed by atoms with Crippen molar-refractivity contribution in [3.05, 3.63) is 45.2 Å². The first-order valence-corrected chi connectivity index (χ1v) is 6.22. The Balaban J connectivity index is 5.35. The highest BCUT2D eigenvalue weighted by atomic mass is 35.5. The highest BCUT2D eigenvalue weighted by molar-refractivity contribution is 8.01. The van der Waals surface area contributed by atoms with Crippen LogP contribution >= 0.6 is 23.2 Å². The lowest BCUT2D eigenvalue weighted by Gasteiger charge is -2.01. The molecule has 0 aliphatic heterocycles. The number of sulfone groups is 1. The molecule has 15 heavy (non-hydrogen) atoms. The average molecular weight is 267 g/mol. The Hall–Kier alpha value is -0.510. The molecule has 0 aromatic carbocycles. The topological polar surface area (TPSA) is 34.1 Å². The van der Waals surface area contributed by atoms with E-state index >= 15 is 0 Å². The third kappa shape index (κ3) is 4.69. The molecule has 0 radical (unpaired) electrons. The Kier molecular flexibility index (Phi) is 5.35. The van der Waals surface area contributed by atoms with Gasteiger partial charge in [0.15, 0.2) is 0 Å². The van der Waals surface area contributed by atoms with Crippen LogP contribution in [0.3, 0.4) is 0 Å². The summed E-state index contributed by atoms with van der Waals surface area (Å²) >= 11 is 11.2. The highest BCUT2D eigenvalue weighted by Gasteiger charge is 2.20. The summed E-state index contributed by atoms with van der Waals surface area (Å²) in [5.74, 6) is 0. The molecule has 0 fully saturated rings. The van der Waals surface area contributed by atoms with Gasteiger partial charge in [-0.1, -0.05) is 47.5 Å². The molecule has 0 aromatic heterocycles. The molecule has 0 rings (SSSR count). The maximum absolute atomic E-state index is 11.6. The molecule has 0 atom stereocenters. The fourth-order valence-electron chi connectivity index (χ4n) is 0.636. The number of rotatable bonds is 4. The lowest BCUT2D eigenvalue weighted by molar-refractivity contribution is 0.611. The van der Waals surface area contributed by atoms with Gasteiger partial charge in [-0.25, -0.2) is 8.42 Å². The van der Waals surface area contributed by atoms with Crippen molar-refractivity contribution in [1.82, 2.24) is 0 Å². The summed E-state index contributed by atoms with van der Waals surface area (Å²) in [6.07, 6.45) is 2.48. The minimum Gasteiger partial charge on any atom is -0.217 e. The van der Waals surface area contributed by atoms with Gasteiger partial charge >= 0.3 is 0 Å². The number of allylic oxidation sites excluding steroid dienone is 4. The standard InChI is InChI=1S/C10H12Cl2O2S/c1-7(2)5-9(11)15(13,14)10(12)6-8(3)4/h5-6H,1,3H2,2,4H3. The smallest absolute Gasteiger partial charge is 0.217 e. The monoisotopic (exact) mass is 266 g/mol. The van der Waals surface area contributed by atoms with Crippen LogP contribution in [0.2, 0.25) is 0 Å². The van der Waals surface area contributed by atoms with Crippen molar-refractivity contribution in [3.8, 4) is 0 Å². The minimum atomic E-state index is -3.80. The number of hydrogen-bond donors (Lipinski definition) is 0. The van der Waals surface area contributed by atoms with Crippen molar-refractivity contribution in [3.63, 3.8) is 0 Å². The van der Waals surface area contributed by atoms with E-state index in [-0.39, 0.29) is 8.73 Å². The van der Waals surface area contributed by atoms with E-state index in [1.54, 1.807) is 13.8 Å². The van der Waals surface area contributed by atoms with Gasteiger partial charge in [0.05, 0.1) is 0 Å². The van der Waals surface area contributed by atoms with Gasteiger partial charge in [0, 0.05) is 0 Å². The maximum Gasteiger partial charge on any atom is 0.228 e. The molecule has 0 aliphatic carbocycles. The molecule has 0 heterocycles. The van der Waals surface area contributed by atoms with Gasteiger partial charge < -0.3 is 0 Å². The summed E-state index contributed by atoms with van der Waals surface area (Å²) in [7, 11) is -3.80. The fourth-order valence-corrected chi connectivity index (χ4v) is 2.52. The van der Waals surface area contributed by atoms with Gasteiger partial charge in [0.1, 0.15) is 8.73 Å². The van der Waals surface area contributed by atoms with E-state index in [2.05, 4.69) is 13.2 Å². The van der Waals surface area contributed by atoms with E-state index in [0.29, 0.717) is 11.1 Å². The molecule has 0 bridgehead atoms. The molecule has 0 saturated carbocycles. The molecular weight excluding hydrogens is 255 g/mol. The zero-order valence-corrected chi connectivity index (χ0v) is 10.9. The van der Waals surface area contributed by atoms with Gasteiger partial charge in [-0.05, 0) is 26.0 Å². The van der Waals surface area contributed by atoms with Crippen molar-refractivity contribution in [2.45, 2.75) is 13.8 Å². The zero-order chi connectivity index (χ0) is 12.2. The zero-order valence-electron chi connectivity index (χ0n) is 8.55. The lowest BCUT2D eigenvalue weighted by atomic mass is 10.4. The molecule has 0 unspecified atom stereocenters. The van der Waals surface area contributed by atoms with E-state index in [4.69, 9.17) is 23.2 Å². The van der Waals surface area contributed by atoms with E-state index in [1.165, 1.54) is 12.2 Å². The van der Waals surface area contributed by atoms with E-state index in [9.17, 15) is 8.42 Å². The summed E-state index contributed by atoms with van der Waals surface area (Å²) in [6, 6.07) is 0. The molecule has 5 heteroatoms. The van der Waals surface area contributed by atoms with E-state index in [0.717, 1.165) is 0 Å². The highest BCUT2D eigenvalue weighted by Crippen LogP contribution is 2.25. The van der Waals surface area contributed by atoms with Gasteiger partial charge in [0.25, 0.3) is 0 Å². The maximum atomic E-state index is 11.6. The second-order valence-corrected chi connectivity index (χ2v) is 6.24. The normalized spacial score (nSPS) is 13.9. The van der Waals surface area contributed by atoms with Gasteiger partial charge in [-0.2, -0.15) is 0 Å². The second-order valence-electron chi connectivity index (χ2n) is 3.09. The van der Waals surface area contributed by atoms with Crippen molar-refractivity contribution < 1.29 is 8.42 Å². The molecule has 0 spiro atoms. The van der Waals surface area contributed by atoms with E-state index in [1.807, 2.05) is 0 Å². The van der Waals surface area contributed by atoms with Crippen LogP contribution in [-0.4, -0.2) is 8.42 Å². The molecule has 0 aromatic rings. The molecule has 0 N–H and O–H groups in total. The molecule has 2 nitrogen and oxygen atoms in total. The molecule has 0 aliphatic rings. The molecule has 84 valence electrons. The van der Waals surface area contributed by atoms with Crippen LogP contribution in [0.5, 0.6) is 0 Å². The molecule has 0 amide bonds. The Morgan fingerprint density at radius 2 is 1.27 bits per heavy atom. The third-order valence-electron chi connectivity index (χ3n) is 1.23. The first-order valence-electron chi connectivity index (χ1n) is 3.98. The number of hydrogen-bond acceptors (Lipinski definition) is 2. The van der Waals surface area contributed by atoms with Gasteiger partial charge in [-0.3, -0.25) is 0 Å². The lowest BCUT2D eigenvalue weighted by Crippen LogP contribution is -1.99. The first kappa shape index (κ1) is 14.5. The van der Waals surface area contributed by atoms with Crippen molar-refractivity contribution in [2.24, 2.45) is 0 Å². The first-order chi connectivity index (χ1) is 6.67. The Labute approximate surface area is 100 Å². The predicted molar refractivity (Wildman–Crippen MR) is 66.4 cm³/mol. The second kappa shape index (κ2) is 5.54. The van der Waals surface area contributed by atoms with Gasteiger partial charge in [-0.15, -0.1) is 0 Å². The minimum absolute atomic E-state index is 0.350. The van der Waals surface area contributed by atoms with Crippen molar-refractivity contribution >= 4 is 33.0 Å². The fraction of sp³-hybridized carbons (Fsp3) is 0.200. The summed E-state index contributed by atoms with van der Waals surface area (Å²) in [6.45, 7) is 10.3. The third-order valence-corrected chi connectivity index (χ3v) is 3.93. The predicted octanol–water partition coefficient (Wildman–Crippen LogP) is 3.71. The number of halogens is 2. The van der Waals surface area contributed by atoms with Crippen LogP contribution in [0, 0.1) is 0 Å². The van der Waals surface area contributed by atoms with Crippen molar-refractivity contribution in [2.75, 3.05) is 0 Å². The summed E-state index contributed by atoms with van der Waals surface area (Å²) in [5, 5.41) is 0. The van der Waals surface area contributed by atoms with Crippen molar-refractivity contribution in [1.29, 1.82) is 0 Å². The quantitative estimate of drug-likeness (QED) is 0.727. The average Bonchev–Trinajstić information content (AvgIpc) is 2.01. The van der Waals surface area contributed by atoms with Crippen LogP contribution in [-0.2, 0) is 9.84 Å². The largest absolute Gasteiger partial charge is 0.228 e. The van der Waals surface area contributed by atoms with Crippen LogP contribution < -0.4 is 0 Å². The molecular formula is C10H12Cl2O2S. The Morgan fingerprint density at radius 1 is 1.00 bits per heavy atom. The van der Waals surface area contributed by atoms with Crippen LogP contribution in [0.25, 0.3) is 0 Å².